The molecule has 1 N–H and O–H groups in total. The first-order valence-corrected chi connectivity index (χ1v) is 6.05. The fourth-order valence-electron chi connectivity index (χ4n) is 1.60. The highest BCUT2D eigenvalue weighted by atomic mass is 19.4. The van der Waals surface area contributed by atoms with Crippen LogP contribution in [0.4, 0.5) is 24.5 Å². The Hall–Kier alpha value is -1.43. The van der Waals surface area contributed by atoms with Crippen LogP contribution in [-0.2, 0) is 4.74 Å². The number of nitrogens with zero attached hydrogens (tertiary/aromatic N) is 1. The van der Waals surface area contributed by atoms with Gasteiger partial charge in [0.15, 0.2) is 0 Å². The molecule has 0 heterocycles. The van der Waals surface area contributed by atoms with E-state index in [1.165, 1.54) is 0 Å². The summed E-state index contributed by atoms with van der Waals surface area (Å²) in [7, 11) is 3.87. The molecule has 1 aromatic carbocycles. The van der Waals surface area contributed by atoms with Gasteiger partial charge in [0.2, 0.25) is 0 Å². The SMILES string of the molecule is CN(C)c1ccccc1NCCCOCC(F)(F)F. The third-order valence-electron chi connectivity index (χ3n) is 2.43. The highest BCUT2D eigenvalue weighted by molar-refractivity contribution is 5.69. The summed E-state index contributed by atoms with van der Waals surface area (Å²) in [5.41, 5.74) is 2.00. The van der Waals surface area contributed by atoms with Crippen LogP contribution in [0.15, 0.2) is 24.3 Å². The van der Waals surface area contributed by atoms with E-state index in [-0.39, 0.29) is 6.61 Å². The molecule has 0 radical (unpaired) electrons. The van der Waals surface area contributed by atoms with Crippen LogP contribution in [0.3, 0.4) is 0 Å². The summed E-state index contributed by atoms with van der Waals surface area (Å²) in [6, 6.07) is 7.76. The molecule has 0 bridgehead atoms. The quantitative estimate of drug-likeness (QED) is 0.774. The first-order chi connectivity index (χ1) is 8.90. The lowest BCUT2D eigenvalue weighted by Crippen LogP contribution is -2.18. The summed E-state index contributed by atoms with van der Waals surface area (Å²) in [4.78, 5) is 1.97. The van der Waals surface area contributed by atoms with Crippen molar-refractivity contribution in [2.24, 2.45) is 0 Å². The minimum atomic E-state index is -4.25. The zero-order valence-corrected chi connectivity index (χ0v) is 11.1. The molecule has 3 nitrogen and oxygen atoms in total. The maximum atomic E-state index is 11.8. The van der Waals surface area contributed by atoms with E-state index >= 15 is 0 Å². The molecular weight excluding hydrogens is 257 g/mol. The van der Waals surface area contributed by atoms with E-state index in [1.807, 2.05) is 43.3 Å². The minimum Gasteiger partial charge on any atom is -0.383 e. The number of para-hydroxylation sites is 2. The summed E-state index contributed by atoms with van der Waals surface area (Å²) in [6.07, 6.45) is -3.72. The van der Waals surface area contributed by atoms with Crippen molar-refractivity contribution in [1.82, 2.24) is 0 Å². The van der Waals surface area contributed by atoms with Crippen molar-refractivity contribution in [3.8, 4) is 0 Å². The van der Waals surface area contributed by atoms with E-state index < -0.39 is 12.8 Å². The molecule has 1 aromatic rings. The van der Waals surface area contributed by atoms with Crippen molar-refractivity contribution in [3.05, 3.63) is 24.3 Å². The van der Waals surface area contributed by atoms with Crippen molar-refractivity contribution < 1.29 is 17.9 Å². The van der Waals surface area contributed by atoms with E-state index in [0.29, 0.717) is 13.0 Å². The number of ether oxygens (including phenoxy) is 1. The number of hydrogen-bond acceptors (Lipinski definition) is 3. The number of halogens is 3. The molecule has 0 spiro atoms. The molecule has 0 saturated carbocycles. The number of rotatable bonds is 7. The van der Waals surface area contributed by atoms with Gasteiger partial charge in [0.05, 0.1) is 11.4 Å². The van der Waals surface area contributed by atoms with Crippen molar-refractivity contribution in [2.45, 2.75) is 12.6 Å². The molecule has 0 aliphatic heterocycles. The third kappa shape index (κ3) is 6.33. The smallest absolute Gasteiger partial charge is 0.383 e. The Labute approximate surface area is 111 Å². The fourth-order valence-corrected chi connectivity index (χ4v) is 1.60. The topological polar surface area (TPSA) is 24.5 Å². The largest absolute Gasteiger partial charge is 0.411 e. The first kappa shape index (κ1) is 15.6. The van der Waals surface area contributed by atoms with Gasteiger partial charge < -0.3 is 15.0 Å². The average molecular weight is 276 g/mol. The van der Waals surface area contributed by atoms with Gasteiger partial charge in [-0.05, 0) is 18.6 Å². The maximum Gasteiger partial charge on any atom is 0.411 e. The summed E-state index contributed by atoms with van der Waals surface area (Å²) < 4.78 is 40.0. The van der Waals surface area contributed by atoms with Gasteiger partial charge in [-0.25, -0.2) is 0 Å². The molecule has 108 valence electrons. The monoisotopic (exact) mass is 276 g/mol. The van der Waals surface area contributed by atoms with E-state index in [4.69, 9.17) is 0 Å². The van der Waals surface area contributed by atoms with Crippen molar-refractivity contribution in [1.29, 1.82) is 0 Å². The molecule has 19 heavy (non-hydrogen) atoms. The van der Waals surface area contributed by atoms with Gasteiger partial charge in [-0.3, -0.25) is 0 Å². The molecule has 0 amide bonds. The minimum absolute atomic E-state index is 0.0939. The summed E-state index contributed by atoms with van der Waals surface area (Å²) in [5, 5.41) is 3.19. The Kier molecular flexibility index (Phi) is 5.95. The lowest BCUT2D eigenvalue weighted by molar-refractivity contribution is -0.173. The molecule has 0 aromatic heterocycles. The van der Waals surface area contributed by atoms with Crippen molar-refractivity contribution in [3.63, 3.8) is 0 Å². The second-order valence-corrected chi connectivity index (χ2v) is 4.36. The molecule has 0 aliphatic rings. The Morgan fingerprint density at radius 2 is 1.89 bits per heavy atom. The van der Waals surface area contributed by atoms with Crippen LogP contribution < -0.4 is 10.2 Å². The third-order valence-corrected chi connectivity index (χ3v) is 2.43. The van der Waals surface area contributed by atoms with Gasteiger partial charge >= 0.3 is 6.18 Å². The van der Waals surface area contributed by atoms with Crippen LogP contribution in [0, 0.1) is 0 Å². The molecule has 0 fully saturated rings. The highest BCUT2D eigenvalue weighted by Gasteiger charge is 2.27. The van der Waals surface area contributed by atoms with Crippen LogP contribution in [0.25, 0.3) is 0 Å². The average Bonchev–Trinajstić information content (AvgIpc) is 2.32. The Morgan fingerprint density at radius 1 is 1.21 bits per heavy atom. The maximum absolute atomic E-state index is 11.8. The molecule has 0 saturated heterocycles. The molecule has 6 heteroatoms. The van der Waals surface area contributed by atoms with Crippen molar-refractivity contribution >= 4 is 11.4 Å². The molecule has 0 unspecified atom stereocenters. The van der Waals surface area contributed by atoms with Crippen LogP contribution >= 0.6 is 0 Å². The summed E-state index contributed by atoms with van der Waals surface area (Å²) >= 11 is 0. The summed E-state index contributed by atoms with van der Waals surface area (Å²) in [6.45, 7) is -0.513. The Morgan fingerprint density at radius 3 is 2.53 bits per heavy atom. The second kappa shape index (κ2) is 7.23. The standard InChI is InChI=1S/C13H19F3N2O/c1-18(2)12-7-4-3-6-11(12)17-8-5-9-19-10-13(14,15)16/h3-4,6-7,17H,5,8-10H2,1-2H3. The van der Waals surface area contributed by atoms with E-state index in [0.717, 1.165) is 11.4 Å². The van der Waals surface area contributed by atoms with Crippen LogP contribution in [0.5, 0.6) is 0 Å². The molecule has 1 rings (SSSR count). The normalized spacial score (nSPS) is 11.4. The molecular formula is C13H19F3N2O. The number of anilines is 2. The van der Waals surface area contributed by atoms with Gasteiger partial charge in [0.1, 0.15) is 6.61 Å². The predicted molar refractivity (Wildman–Crippen MR) is 70.7 cm³/mol. The Balaban J connectivity index is 2.26. The predicted octanol–water partition coefficient (Wildman–Crippen LogP) is 3.13. The first-order valence-electron chi connectivity index (χ1n) is 6.05. The fraction of sp³-hybridized carbons (Fsp3) is 0.538. The number of benzene rings is 1. The van der Waals surface area contributed by atoms with Gasteiger partial charge in [-0.2, -0.15) is 13.2 Å². The summed E-state index contributed by atoms with van der Waals surface area (Å²) in [5.74, 6) is 0. The zero-order chi connectivity index (χ0) is 14.3. The lowest BCUT2D eigenvalue weighted by Gasteiger charge is -2.18. The van der Waals surface area contributed by atoms with Crippen molar-refractivity contribution in [2.75, 3.05) is 44.1 Å². The van der Waals surface area contributed by atoms with Crippen LogP contribution in [-0.4, -0.2) is 40.0 Å². The number of nitrogens with one attached hydrogen (secondary N) is 1. The molecule has 0 aliphatic carbocycles. The number of hydrogen-bond donors (Lipinski definition) is 1. The van der Waals surface area contributed by atoms with E-state index in [1.54, 1.807) is 0 Å². The lowest BCUT2D eigenvalue weighted by atomic mass is 10.2. The van der Waals surface area contributed by atoms with E-state index in [9.17, 15) is 13.2 Å². The van der Waals surface area contributed by atoms with Crippen LogP contribution in [0.1, 0.15) is 6.42 Å². The molecule has 0 atom stereocenters. The second-order valence-electron chi connectivity index (χ2n) is 4.36. The van der Waals surface area contributed by atoms with Gasteiger partial charge in [-0.15, -0.1) is 0 Å². The van der Waals surface area contributed by atoms with Crippen LogP contribution in [0.2, 0.25) is 0 Å². The highest BCUT2D eigenvalue weighted by Crippen LogP contribution is 2.23. The van der Waals surface area contributed by atoms with Gasteiger partial charge in [-0.1, -0.05) is 12.1 Å². The number of alkyl halides is 3. The van der Waals surface area contributed by atoms with Gasteiger partial charge in [0.25, 0.3) is 0 Å². The van der Waals surface area contributed by atoms with Gasteiger partial charge in [0, 0.05) is 27.2 Å². The Bertz CT molecular complexity index is 380. The zero-order valence-electron chi connectivity index (χ0n) is 11.1. The van der Waals surface area contributed by atoms with E-state index in [2.05, 4.69) is 10.1 Å².